The van der Waals surface area contributed by atoms with E-state index in [0.29, 0.717) is 16.4 Å². The van der Waals surface area contributed by atoms with E-state index in [1.165, 1.54) is 23.5 Å². The summed E-state index contributed by atoms with van der Waals surface area (Å²) in [6, 6.07) is 11.1. The average Bonchev–Trinajstić information content (AvgIpc) is 3.14. The molecule has 0 atom stereocenters. The van der Waals surface area contributed by atoms with Crippen LogP contribution in [0.15, 0.2) is 52.7 Å². The maximum absolute atomic E-state index is 12.2. The van der Waals surface area contributed by atoms with E-state index in [4.69, 9.17) is 21.5 Å². The van der Waals surface area contributed by atoms with Crippen molar-refractivity contribution in [2.75, 3.05) is 5.32 Å². The molecule has 3 rings (SSSR count). The van der Waals surface area contributed by atoms with Crippen LogP contribution in [-0.2, 0) is 32.6 Å². The Hall–Kier alpha value is -2.79. The predicted molar refractivity (Wildman–Crippen MR) is 118 cm³/mol. The number of carbonyl (C=O) groups excluding carboxylic acids is 2. The molecule has 0 aliphatic carbocycles. The van der Waals surface area contributed by atoms with E-state index in [1.807, 2.05) is 31.2 Å². The molecular formula is C20H18ClN3O5S2. The van der Waals surface area contributed by atoms with E-state index >= 15 is 0 Å². The number of thiazole rings is 1. The van der Waals surface area contributed by atoms with Gasteiger partial charge in [-0.05, 0) is 37.3 Å². The minimum atomic E-state index is -4.08. The molecule has 11 heteroatoms. The quantitative estimate of drug-likeness (QED) is 0.500. The largest absolute Gasteiger partial charge is 0.456 e. The van der Waals surface area contributed by atoms with Gasteiger partial charge in [-0.3, -0.25) is 4.79 Å². The summed E-state index contributed by atoms with van der Waals surface area (Å²) in [7, 11) is -4.08. The Morgan fingerprint density at radius 1 is 1.19 bits per heavy atom. The van der Waals surface area contributed by atoms with Crippen molar-refractivity contribution in [3.63, 3.8) is 0 Å². The highest BCUT2D eigenvalue weighted by Crippen LogP contribution is 2.22. The number of nitrogens with one attached hydrogen (secondary N) is 1. The van der Waals surface area contributed by atoms with Crippen LogP contribution >= 0.6 is 22.9 Å². The Kier molecular flexibility index (Phi) is 7.06. The maximum atomic E-state index is 12.2. The van der Waals surface area contributed by atoms with Crippen LogP contribution in [0.25, 0.3) is 0 Å². The van der Waals surface area contributed by atoms with Crippen LogP contribution in [0.3, 0.4) is 0 Å². The number of aryl methyl sites for hydroxylation is 1. The normalized spacial score (nSPS) is 11.2. The highest BCUT2D eigenvalue weighted by Gasteiger charge is 2.18. The number of carbonyl (C=O) groups is 2. The fraction of sp³-hybridized carbons (Fsp3) is 0.150. The smallest absolute Gasteiger partial charge is 0.338 e. The monoisotopic (exact) mass is 479 g/mol. The van der Waals surface area contributed by atoms with Gasteiger partial charge in [0.2, 0.25) is 15.9 Å². The van der Waals surface area contributed by atoms with Crippen molar-refractivity contribution in [1.82, 2.24) is 4.98 Å². The van der Waals surface area contributed by atoms with Gasteiger partial charge >= 0.3 is 5.97 Å². The number of rotatable bonds is 7. The van der Waals surface area contributed by atoms with Gasteiger partial charge < -0.3 is 10.1 Å². The summed E-state index contributed by atoms with van der Waals surface area (Å²) in [6.07, 6.45) is 0.0847. The number of anilines is 1. The van der Waals surface area contributed by atoms with Crippen molar-refractivity contribution in [2.24, 2.45) is 5.14 Å². The van der Waals surface area contributed by atoms with Gasteiger partial charge in [-0.25, -0.2) is 23.3 Å². The third kappa shape index (κ3) is 6.34. The molecule has 0 aliphatic heterocycles. The first-order chi connectivity index (χ1) is 14.6. The standard InChI is InChI=1S/C20H18ClN3O5S2/c1-12-2-5-14(6-3-12)23-18(25)9-19-24-15(11-30-19)10-29-20(26)13-4-7-16(21)17(8-13)31(22,27)28/h2-8,11H,9-10H2,1H3,(H,23,25)(H2,22,27,28). The molecule has 3 N–H and O–H groups in total. The minimum absolute atomic E-state index is 0.0126. The van der Waals surface area contributed by atoms with E-state index in [1.54, 1.807) is 5.38 Å². The van der Waals surface area contributed by atoms with Gasteiger partial charge in [0.15, 0.2) is 0 Å². The number of nitrogens with two attached hydrogens (primary N) is 1. The first kappa shape index (κ1) is 22.9. The lowest BCUT2D eigenvalue weighted by Crippen LogP contribution is -2.15. The van der Waals surface area contributed by atoms with Crippen LogP contribution in [0.1, 0.15) is 26.6 Å². The predicted octanol–water partition coefficient (Wildman–Crippen LogP) is 3.29. The van der Waals surface area contributed by atoms with Gasteiger partial charge in [0.1, 0.15) is 16.5 Å². The number of halogens is 1. The third-order valence-electron chi connectivity index (χ3n) is 4.07. The number of hydrogen-bond donors (Lipinski definition) is 2. The Morgan fingerprint density at radius 3 is 2.58 bits per heavy atom. The topological polar surface area (TPSA) is 128 Å². The zero-order valence-electron chi connectivity index (χ0n) is 16.3. The summed E-state index contributed by atoms with van der Waals surface area (Å²) in [5, 5.41) is 10.0. The molecule has 0 radical (unpaired) electrons. The zero-order chi connectivity index (χ0) is 22.6. The molecule has 162 valence electrons. The number of nitrogens with zero attached hydrogens (tertiary/aromatic N) is 1. The van der Waals surface area contributed by atoms with Gasteiger partial charge in [0.25, 0.3) is 0 Å². The molecule has 0 aliphatic rings. The second kappa shape index (κ2) is 9.56. The van der Waals surface area contributed by atoms with Gasteiger partial charge in [-0.15, -0.1) is 11.3 Å². The molecule has 0 spiro atoms. The van der Waals surface area contributed by atoms with Crippen LogP contribution in [0.5, 0.6) is 0 Å². The number of benzene rings is 2. The number of aromatic nitrogens is 1. The van der Waals surface area contributed by atoms with Crippen molar-refractivity contribution < 1.29 is 22.7 Å². The number of amides is 1. The summed E-state index contributed by atoms with van der Waals surface area (Å²) in [6.45, 7) is 1.82. The summed E-state index contributed by atoms with van der Waals surface area (Å²) >= 11 is 7.08. The second-order valence-electron chi connectivity index (χ2n) is 6.59. The van der Waals surface area contributed by atoms with Crippen molar-refractivity contribution in [1.29, 1.82) is 0 Å². The first-order valence-corrected chi connectivity index (χ1v) is 11.7. The summed E-state index contributed by atoms with van der Waals surface area (Å²) in [5.74, 6) is -0.966. The summed E-state index contributed by atoms with van der Waals surface area (Å²) in [5.41, 5.74) is 2.25. The van der Waals surface area contributed by atoms with Crippen molar-refractivity contribution in [2.45, 2.75) is 24.8 Å². The molecule has 0 unspecified atom stereocenters. The van der Waals surface area contributed by atoms with Gasteiger partial charge in [-0.2, -0.15) is 0 Å². The number of esters is 1. The highest BCUT2D eigenvalue weighted by atomic mass is 35.5. The lowest BCUT2D eigenvalue weighted by molar-refractivity contribution is -0.115. The van der Waals surface area contributed by atoms with Crippen molar-refractivity contribution in [3.8, 4) is 0 Å². The zero-order valence-corrected chi connectivity index (χ0v) is 18.7. The van der Waals surface area contributed by atoms with Crippen LogP contribution < -0.4 is 10.5 Å². The third-order valence-corrected chi connectivity index (χ3v) is 6.36. The Morgan fingerprint density at radius 2 is 1.90 bits per heavy atom. The fourth-order valence-electron chi connectivity index (χ4n) is 2.55. The van der Waals surface area contributed by atoms with Crippen molar-refractivity contribution in [3.05, 3.63) is 74.7 Å². The molecule has 31 heavy (non-hydrogen) atoms. The van der Waals surface area contributed by atoms with Crippen LogP contribution in [0.4, 0.5) is 5.69 Å². The number of hydrogen-bond acceptors (Lipinski definition) is 7. The van der Waals surface area contributed by atoms with Gasteiger partial charge in [0.05, 0.1) is 22.7 Å². The molecule has 0 fully saturated rings. The van der Waals surface area contributed by atoms with Crippen LogP contribution in [0, 0.1) is 6.92 Å². The molecule has 8 nitrogen and oxygen atoms in total. The second-order valence-corrected chi connectivity index (χ2v) is 9.47. The maximum Gasteiger partial charge on any atom is 0.338 e. The molecule has 1 amide bonds. The lowest BCUT2D eigenvalue weighted by Gasteiger charge is -2.06. The average molecular weight is 480 g/mol. The van der Waals surface area contributed by atoms with Gasteiger partial charge in [-0.1, -0.05) is 29.3 Å². The van der Waals surface area contributed by atoms with E-state index < -0.39 is 16.0 Å². The molecule has 3 aromatic rings. The van der Waals surface area contributed by atoms with Crippen LogP contribution in [-0.4, -0.2) is 25.3 Å². The number of primary sulfonamides is 1. The molecule has 2 aromatic carbocycles. The van der Waals surface area contributed by atoms with E-state index in [2.05, 4.69) is 10.3 Å². The van der Waals surface area contributed by atoms with E-state index in [-0.39, 0.29) is 34.4 Å². The molecule has 1 heterocycles. The Bertz CT molecular complexity index is 1220. The first-order valence-electron chi connectivity index (χ1n) is 8.91. The lowest BCUT2D eigenvalue weighted by atomic mass is 10.2. The van der Waals surface area contributed by atoms with Crippen LogP contribution in [0.2, 0.25) is 5.02 Å². The summed E-state index contributed by atoms with van der Waals surface area (Å²) < 4.78 is 28.2. The number of ether oxygens (including phenoxy) is 1. The highest BCUT2D eigenvalue weighted by molar-refractivity contribution is 7.89. The Labute approximate surface area is 188 Å². The SMILES string of the molecule is Cc1ccc(NC(=O)Cc2nc(COC(=O)c3ccc(Cl)c(S(N)(=O)=O)c3)cs2)cc1. The number of sulfonamides is 1. The van der Waals surface area contributed by atoms with E-state index in [9.17, 15) is 18.0 Å². The minimum Gasteiger partial charge on any atom is -0.456 e. The fourth-order valence-corrected chi connectivity index (χ4v) is 4.40. The summed E-state index contributed by atoms with van der Waals surface area (Å²) in [4.78, 5) is 28.3. The molecule has 0 saturated heterocycles. The van der Waals surface area contributed by atoms with Gasteiger partial charge in [0, 0.05) is 11.1 Å². The van der Waals surface area contributed by atoms with Crippen molar-refractivity contribution >= 4 is 50.5 Å². The molecule has 1 aromatic heterocycles. The van der Waals surface area contributed by atoms with E-state index in [0.717, 1.165) is 11.6 Å². The molecule has 0 saturated carbocycles. The molecule has 0 bridgehead atoms. The molecular weight excluding hydrogens is 462 g/mol. The Balaban J connectivity index is 1.57.